The Kier molecular flexibility index (Phi) is 18.2. The molecule has 0 fully saturated rings. The number of carbonyl (C=O) groups excluding carboxylic acids is 2. The van der Waals surface area contributed by atoms with Crippen molar-refractivity contribution in [2.24, 2.45) is 0 Å². The largest absolute Gasteiger partial charge is 0.544 e. The normalized spacial score (nSPS) is 13.9. The van der Waals surface area contributed by atoms with Crippen LogP contribution in [0.5, 0.6) is 0 Å². The molecule has 0 aromatic heterocycles. The van der Waals surface area contributed by atoms with Gasteiger partial charge in [0.1, 0.15) is 18.8 Å². The van der Waals surface area contributed by atoms with Crippen LogP contribution in [0.4, 0.5) is 0 Å². The van der Waals surface area contributed by atoms with Gasteiger partial charge in [-0.25, -0.2) is 0 Å². The Morgan fingerprint density at radius 3 is 2.12 bits per heavy atom. The Bertz CT molecular complexity index is 515. The molecule has 0 rings (SSSR count). The number of likely N-dealkylation sites (N-methyl/N-ethyl adjacent to an activating group) is 1. The summed E-state index contributed by atoms with van der Waals surface area (Å²) >= 11 is 0. The molecule has 7 heteroatoms. The Morgan fingerprint density at radius 2 is 1.53 bits per heavy atom. The maximum absolute atomic E-state index is 11.8. The summed E-state index contributed by atoms with van der Waals surface area (Å²) in [5.41, 5.74) is 0. The van der Waals surface area contributed by atoms with Gasteiger partial charge < -0.3 is 29.0 Å². The number of nitrogens with zero attached hydrogens (tertiary/aromatic N) is 1. The van der Waals surface area contributed by atoms with Gasteiger partial charge in [0.15, 0.2) is 0 Å². The molecule has 0 aromatic rings. The summed E-state index contributed by atoms with van der Waals surface area (Å²) in [7, 11) is 5.34. The van der Waals surface area contributed by atoms with Crippen LogP contribution in [0.1, 0.15) is 84.0 Å². The fraction of sp³-hybridized carbons (Fsp3) is 0.840. The van der Waals surface area contributed by atoms with E-state index in [9.17, 15) is 19.8 Å². The number of hydrogen-bond acceptors (Lipinski definition) is 6. The molecule has 0 heterocycles. The summed E-state index contributed by atoms with van der Waals surface area (Å²) in [6.45, 7) is 2.30. The number of hydrogen-bond donors (Lipinski definition) is 1. The molecule has 0 spiro atoms. The smallest absolute Gasteiger partial charge is 0.305 e. The summed E-state index contributed by atoms with van der Waals surface area (Å²) in [6, 6.07) is -0.683. The zero-order valence-corrected chi connectivity index (χ0v) is 20.9. The van der Waals surface area contributed by atoms with Crippen LogP contribution in [0.3, 0.4) is 0 Å². The minimum atomic E-state index is -1.12. The van der Waals surface area contributed by atoms with Gasteiger partial charge in [-0.05, 0) is 32.1 Å². The van der Waals surface area contributed by atoms with Crippen LogP contribution < -0.4 is 5.11 Å². The van der Waals surface area contributed by atoms with Crippen molar-refractivity contribution in [1.82, 2.24) is 0 Å². The van der Waals surface area contributed by atoms with Gasteiger partial charge >= 0.3 is 5.97 Å². The Hall–Kier alpha value is -1.44. The highest BCUT2D eigenvalue weighted by Gasteiger charge is 2.24. The third-order valence-electron chi connectivity index (χ3n) is 5.38. The first kappa shape index (κ1) is 30.6. The van der Waals surface area contributed by atoms with Crippen LogP contribution >= 0.6 is 0 Å². The predicted octanol–water partition coefficient (Wildman–Crippen LogP) is 2.99. The van der Waals surface area contributed by atoms with E-state index in [1.54, 1.807) is 21.1 Å². The number of rotatable bonds is 21. The van der Waals surface area contributed by atoms with E-state index in [2.05, 4.69) is 19.1 Å². The van der Waals surface area contributed by atoms with Crippen LogP contribution in [-0.2, 0) is 19.1 Å². The molecule has 1 N–H and O–H groups in total. The highest BCUT2D eigenvalue weighted by Crippen LogP contribution is 2.10. The average molecular weight is 458 g/mol. The quantitative estimate of drug-likeness (QED) is 0.123. The van der Waals surface area contributed by atoms with Crippen LogP contribution in [-0.4, -0.2) is 74.6 Å². The monoisotopic (exact) mass is 457 g/mol. The minimum absolute atomic E-state index is 0.00274. The molecule has 0 aromatic carbocycles. The van der Waals surface area contributed by atoms with Crippen molar-refractivity contribution in [3.63, 3.8) is 0 Å². The molecule has 188 valence electrons. The fourth-order valence-corrected chi connectivity index (χ4v) is 3.35. The number of ether oxygens (including phenoxy) is 2. The molecule has 0 amide bonds. The van der Waals surface area contributed by atoms with Crippen LogP contribution in [0, 0.1) is 0 Å². The van der Waals surface area contributed by atoms with Gasteiger partial charge in [0.2, 0.25) is 0 Å². The molecule has 32 heavy (non-hydrogen) atoms. The zero-order valence-electron chi connectivity index (χ0n) is 20.9. The summed E-state index contributed by atoms with van der Waals surface area (Å²) in [5, 5.41) is 21.1. The topological polar surface area (TPSA) is 95.9 Å². The fourth-order valence-electron chi connectivity index (χ4n) is 3.35. The second kappa shape index (κ2) is 19.1. The summed E-state index contributed by atoms with van der Waals surface area (Å²) < 4.78 is 10.7. The van der Waals surface area contributed by atoms with E-state index in [0.717, 1.165) is 25.7 Å². The number of aliphatic hydroxyl groups is 1. The van der Waals surface area contributed by atoms with Gasteiger partial charge in [-0.3, -0.25) is 4.79 Å². The number of aliphatic carboxylic acids is 1. The van der Waals surface area contributed by atoms with E-state index < -0.39 is 18.1 Å². The number of carbonyl (C=O) groups is 2. The zero-order chi connectivity index (χ0) is 24.2. The molecular weight excluding hydrogens is 410 g/mol. The molecule has 0 aliphatic rings. The highest BCUT2D eigenvalue weighted by atomic mass is 16.5. The maximum atomic E-state index is 11.8. The second-order valence-electron chi connectivity index (χ2n) is 9.43. The van der Waals surface area contributed by atoms with Crippen molar-refractivity contribution in [3.8, 4) is 0 Å². The summed E-state index contributed by atoms with van der Waals surface area (Å²) in [6.07, 6.45) is 15.8. The first-order valence-electron chi connectivity index (χ1n) is 12.3. The molecule has 0 saturated carbocycles. The van der Waals surface area contributed by atoms with Crippen molar-refractivity contribution in [1.29, 1.82) is 0 Å². The molecule has 0 bridgehead atoms. The van der Waals surface area contributed by atoms with Gasteiger partial charge in [0.05, 0.1) is 40.3 Å². The van der Waals surface area contributed by atoms with Crippen LogP contribution in [0.2, 0.25) is 0 Å². The number of carboxylic acids is 1. The Labute approximate surface area is 195 Å². The third kappa shape index (κ3) is 18.2. The van der Waals surface area contributed by atoms with Gasteiger partial charge in [0.25, 0.3) is 0 Å². The van der Waals surface area contributed by atoms with E-state index in [-0.39, 0.29) is 36.7 Å². The average Bonchev–Trinajstić information content (AvgIpc) is 2.71. The van der Waals surface area contributed by atoms with Crippen molar-refractivity contribution < 1.29 is 33.8 Å². The molecule has 0 aliphatic heterocycles. The number of aliphatic hydroxyl groups excluding tert-OH is 1. The standard InChI is InChI=1S/C25H47NO6/c1-5-6-7-8-9-10-11-12-13-14-15-16-17-24(28)32-21-22(27)20-31-19-18-23(25(29)30)26(2,3)4/h9-10,22-23,27H,5-8,11-21H2,1-4H3/b10-9+. The van der Waals surface area contributed by atoms with Gasteiger partial charge in [0, 0.05) is 12.8 Å². The highest BCUT2D eigenvalue weighted by molar-refractivity contribution is 5.69. The molecule has 0 aliphatic carbocycles. The SMILES string of the molecule is CCCCC/C=C/CCCCCCCC(=O)OCC(O)COCCC(C(=O)[O-])[N+](C)(C)C. The van der Waals surface area contributed by atoms with Crippen molar-refractivity contribution in [2.75, 3.05) is 41.0 Å². The second-order valence-corrected chi connectivity index (χ2v) is 9.43. The molecule has 2 atom stereocenters. The van der Waals surface area contributed by atoms with Crippen molar-refractivity contribution in [3.05, 3.63) is 12.2 Å². The Balaban J connectivity index is 3.63. The van der Waals surface area contributed by atoms with Gasteiger partial charge in [-0.15, -0.1) is 0 Å². The van der Waals surface area contributed by atoms with E-state index in [0.29, 0.717) is 6.42 Å². The number of quaternary nitrogens is 1. The number of carboxylic acid groups (broad SMARTS) is 1. The van der Waals surface area contributed by atoms with Gasteiger partial charge in [-0.1, -0.05) is 51.2 Å². The molecule has 2 unspecified atom stereocenters. The van der Waals surface area contributed by atoms with E-state index in [1.165, 1.54) is 38.5 Å². The molecule has 0 radical (unpaired) electrons. The number of esters is 1. The lowest BCUT2D eigenvalue weighted by molar-refractivity contribution is -0.889. The first-order valence-corrected chi connectivity index (χ1v) is 12.3. The van der Waals surface area contributed by atoms with Gasteiger partial charge in [-0.2, -0.15) is 0 Å². The van der Waals surface area contributed by atoms with Crippen LogP contribution in [0.25, 0.3) is 0 Å². The first-order chi connectivity index (χ1) is 15.2. The summed E-state index contributed by atoms with van der Waals surface area (Å²) in [4.78, 5) is 23.0. The Morgan fingerprint density at radius 1 is 0.938 bits per heavy atom. The van der Waals surface area contributed by atoms with Crippen molar-refractivity contribution in [2.45, 2.75) is 96.1 Å². The molecule has 7 nitrogen and oxygen atoms in total. The minimum Gasteiger partial charge on any atom is -0.544 e. The predicted molar refractivity (Wildman–Crippen MR) is 125 cm³/mol. The van der Waals surface area contributed by atoms with Crippen LogP contribution in [0.15, 0.2) is 12.2 Å². The van der Waals surface area contributed by atoms with E-state index in [1.807, 2.05) is 0 Å². The molecule has 0 saturated heterocycles. The maximum Gasteiger partial charge on any atom is 0.305 e. The third-order valence-corrected chi connectivity index (χ3v) is 5.38. The number of allylic oxidation sites excluding steroid dienone is 2. The van der Waals surface area contributed by atoms with E-state index in [4.69, 9.17) is 9.47 Å². The lowest BCUT2D eigenvalue weighted by Crippen LogP contribution is -2.55. The van der Waals surface area contributed by atoms with E-state index >= 15 is 0 Å². The summed E-state index contributed by atoms with van der Waals surface area (Å²) in [5.74, 6) is -1.42. The van der Waals surface area contributed by atoms with Crippen molar-refractivity contribution >= 4 is 11.9 Å². The lowest BCUT2D eigenvalue weighted by Gasteiger charge is -2.34. The lowest BCUT2D eigenvalue weighted by atomic mass is 10.1. The number of unbranched alkanes of at least 4 members (excludes halogenated alkanes) is 8. The molecular formula is C25H47NO6.